The summed E-state index contributed by atoms with van der Waals surface area (Å²) in [7, 11) is -3.46. The number of ether oxygens (including phenoxy) is 2. The van der Waals surface area contributed by atoms with E-state index in [2.05, 4.69) is 45.2 Å². The summed E-state index contributed by atoms with van der Waals surface area (Å²) < 4.78 is 38.2. The van der Waals surface area contributed by atoms with Crippen LogP contribution in [0.15, 0.2) is 54.6 Å². The predicted octanol–water partition coefficient (Wildman–Crippen LogP) is 8.88. The molecule has 4 rings (SSSR count). The third-order valence-electron chi connectivity index (χ3n) is 5.38. The first kappa shape index (κ1) is 27.0. The van der Waals surface area contributed by atoms with Gasteiger partial charge < -0.3 is 19.1 Å². The minimum absolute atomic E-state index is 0.165. The van der Waals surface area contributed by atoms with Crippen molar-refractivity contribution in [3.8, 4) is 23.0 Å². The van der Waals surface area contributed by atoms with Crippen molar-refractivity contribution >= 4 is 64.4 Å². The minimum atomic E-state index is -3.46. The molecule has 3 aromatic carbocycles. The Morgan fingerprint density at radius 2 is 1.86 bits per heavy atom. The molecule has 1 heterocycles. The van der Waals surface area contributed by atoms with Crippen LogP contribution >= 0.6 is 64.4 Å². The van der Waals surface area contributed by atoms with E-state index in [1.165, 1.54) is 0 Å². The smallest absolute Gasteiger partial charge is 0.368 e. The number of benzene rings is 3. The highest BCUT2D eigenvalue weighted by molar-refractivity contribution is 14.1. The summed E-state index contributed by atoms with van der Waals surface area (Å²) >= 11 is 10.4. The van der Waals surface area contributed by atoms with Crippen molar-refractivity contribution in [3.63, 3.8) is 0 Å². The highest BCUT2D eigenvalue weighted by atomic mass is 127. The van der Waals surface area contributed by atoms with E-state index in [0.717, 1.165) is 18.3 Å². The molecule has 1 N–H and O–H groups in total. The number of hydrogen-bond donors (Lipinski definition) is 1. The lowest BCUT2D eigenvalue weighted by Gasteiger charge is -2.30. The van der Waals surface area contributed by atoms with Crippen molar-refractivity contribution in [2.24, 2.45) is 0 Å². The molecule has 0 radical (unpaired) electrons. The van der Waals surface area contributed by atoms with Crippen molar-refractivity contribution in [2.75, 3.05) is 13.0 Å². The number of hydrogen-bond acceptors (Lipinski definition) is 6. The van der Waals surface area contributed by atoms with Gasteiger partial charge >= 0.3 is 7.60 Å². The summed E-state index contributed by atoms with van der Waals surface area (Å²) in [5.41, 5.74) is 1.68. The van der Waals surface area contributed by atoms with Gasteiger partial charge in [0.2, 0.25) is 0 Å². The van der Waals surface area contributed by atoms with Gasteiger partial charge in [-0.15, -0.1) is 0 Å². The molecule has 3 aromatic rings. The van der Waals surface area contributed by atoms with Crippen molar-refractivity contribution in [1.82, 2.24) is 0 Å². The first-order chi connectivity index (χ1) is 16.6. The Morgan fingerprint density at radius 1 is 1.11 bits per heavy atom. The van der Waals surface area contributed by atoms with Gasteiger partial charge in [0.05, 0.1) is 19.9 Å². The van der Waals surface area contributed by atoms with Crippen LogP contribution in [0.3, 0.4) is 0 Å². The molecule has 0 aromatic heterocycles. The van der Waals surface area contributed by atoms with Gasteiger partial charge in [0.25, 0.3) is 0 Å². The molecule has 0 saturated carbocycles. The lowest BCUT2D eigenvalue weighted by Crippen LogP contribution is -2.17. The monoisotopic (exact) mass is 740 g/mol. The van der Waals surface area contributed by atoms with Crippen LogP contribution < -0.4 is 9.47 Å². The normalized spacial score (nSPS) is 20.1. The van der Waals surface area contributed by atoms with Gasteiger partial charge in [0, 0.05) is 17.0 Å². The Kier molecular flexibility index (Phi) is 8.92. The topological polar surface area (TPSA) is 74.2 Å². The Hall–Kier alpha value is -1.04. The number of aromatic hydroxyl groups is 1. The number of halogens is 3. The molecule has 35 heavy (non-hydrogen) atoms. The lowest BCUT2D eigenvalue weighted by atomic mass is 10.0. The van der Waals surface area contributed by atoms with Crippen LogP contribution in [0, 0.1) is 7.14 Å². The number of rotatable bonds is 7. The quantitative estimate of drug-likeness (QED) is 0.193. The van der Waals surface area contributed by atoms with Gasteiger partial charge in [-0.05, 0) is 99.1 Å². The second-order valence-electron chi connectivity index (χ2n) is 8.35. The molecule has 1 aliphatic rings. The third kappa shape index (κ3) is 6.84. The Bertz CT molecular complexity index is 1250. The second-order valence-corrected chi connectivity index (χ2v) is 13.1. The minimum Gasteiger partial charge on any atom is -0.508 e. The summed E-state index contributed by atoms with van der Waals surface area (Å²) in [5, 5.41) is 10.7. The van der Waals surface area contributed by atoms with Gasteiger partial charge in [0.15, 0.2) is 12.1 Å². The Morgan fingerprint density at radius 3 is 2.54 bits per heavy atom. The lowest BCUT2D eigenvalue weighted by molar-refractivity contribution is 0.0725. The van der Waals surface area contributed by atoms with E-state index >= 15 is 0 Å². The fourth-order valence-electron chi connectivity index (χ4n) is 3.63. The average Bonchev–Trinajstić information content (AvgIpc) is 2.81. The largest absolute Gasteiger partial charge is 0.508 e. The molecule has 1 aliphatic heterocycles. The molecule has 6 nitrogen and oxygen atoms in total. The maximum atomic E-state index is 13.2. The highest BCUT2D eigenvalue weighted by Crippen LogP contribution is 2.56. The Labute approximate surface area is 237 Å². The van der Waals surface area contributed by atoms with Crippen molar-refractivity contribution in [1.29, 1.82) is 0 Å². The van der Waals surface area contributed by atoms with Crippen LogP contribution in [0.5, 0.6) is 23.0 Å². The van der Waals surface area contributed by atoms with Gasteiger partial charge in [-0.3, -0.25) is 9.09 Å². The van der Waals surface area contributed by atoms with E-state index in [-0.39, 0.29) is 24.1 Å². The van der Waals surface area contributed by atoms with Crippen LogP contribution in [0.2, 0.25) is 5.02 Å². The van der Waals surface area contributed by atoms with E-state index in [4.69, 9.17) is 30.1 Å². The highest BCUT2D eigenvalue weighted by Gasteiger charge is 2.35. The number of phenols is 1. The van der Waals surface area contributed by atoms with E-state index in [1.54, 1.807) is 18.2 Å². The average molecular weight is 741 g/mol. The van der Waals surface area contributed by atoms with E-state index in [9.17, 15) is 9.67 Å². The molecule has 0 unspecified atom stereocenters. The molecule has 0 amide bonds. The molecular formula is C25H24ClI2O6P. The maximum absolute atomic E-state index is 13.2. The van der Waals surface area contributed by atoms with Crippen LogP contribution in [0.1, 0.15) is 43.4 Å². The first-order valence-corrected chi connectivity index (χ1v) is 15.2. The number of phenolic OH excluding ortho intramolecular Hbond substituents is 1. The fourth-order valence-corrected chi connectivity index (χ4v) is 7.26. The van der Waals surface area contributed by atoms with Gasteiger partial charge in [-0.2, -0.15) is 0 Å². The zero-order valence-electron chi connectivity index (χ0n) is 19.0. The van der Waals surface area contributed by atoms with Crippen molar-refractivity contribution < 1.29 is 28.2 Å². The van der Waals surface area contributed by atoms with E-state index in [1.807, 2.05) is 50.2 Å². The molecule has 1 saturated heterocycles. The third-order valence-corrected chi connectivity index (χ3v) is 8.81. The summed E-state index contributed by atoms with van der Waals surface area (Å²) in [6.45, 7) is 4.34. The summed E-state index contributed by atoms with van der Waals surface area (Å²) in [4.78, 5) is 0. The van der Waals surface area contributed by atoms with Crippen molar-refractivity contribution in [2.45, 2.75) is 32.3 Å². The SMILES string of the molecule is CC(C)c1cc(Oc2c(I)cc(OC[P@@]3(=O)OCC[C@@H](c4cccc(Cl)c4)O3)cc2I)ccc1O. The van der Waals surface area contributed by atoms with Gasteiger partial charge in [0.1, 0.15) is 17.2 Å². The molecule has 0 spiro atoms. The molecule has 1 fully saturated rings. The van der Waals surface area contributed by atoms with E-state index < -0.39 is 7.60 Å². The fraction of sp³-hybridized carbons (Fsp3) is 0.280. The molecule has 2 atom stereocenters. The van der Waals surface area contributed by atoms with Crippen LogP contribution in [-0.2, 0) is 13.6 Å². The van der Waals surface area contributed by atoms with Crippen LogP contribution in [0.25, 0.3) is 0 Å². The van der Waals surface area contributed by atoms with Crippen LogP contribution in [0.4, 0.5) is 0 Å². The summed E-state index contributed by atoms with van der Waals surface area (Å²) in [6, 6.07) is 16.2. The van der Waals surface area contributed by atoms with Gasteiger partial charge in [-0.25, -0.2) is 0 Å². The standard InChI is InChI=1S/C25H24ClI2O6P/c1-15(2)20-11-18(6-7-23(20)29)33-25-21(27)12-19(13-22(25)28)31-14-35(30)32-9-8-24(34-35)16-4-3-5-17(26)10-16/h3-7,10-13,15,24,29H,8-9,14H2,1-2H3/t24-,35+/m0/s1. The molecule has 0 bridgehead atoms. The molecular weight excluding hydrogens is 717 g/mol. The molecule has 0 aliphatic carbocycles. The Balaban J connectivity index is 1.45. The zero-order chi connectivity index (χ0) is 25.2. The summed E-state index contributed by atoms with van der Waals surface area (Å²) in [5.74, 6) is 2.26. The second kappa shape index (κ2) is 11.6. The molecule has 10 heteroatoms. The maximum Gasteiger partial charge on any atom is 0.368 e. The molecule has 186 valence electrons. The van der Waals surface area contributed by atoms with Crippen molar-refractivity contribution in [3.05, 3.63) is 77.9 Å². The first-order valence-electron chi connectivity index (χ1n) is 10.9. The predicted molar refractivity (Wildman–Crippen MR) is 153 cm³/mol. The van der Waals surface area contributed by atoms with E-state index in [0.29, 0.717) is 35.3 Å². The van der Waals surface area contributed by atoms with Gasteiger partial charge in [-0.1, -0.05) is 37.6 Å². The zero-order valence-corrected chi connectivity index (χ0v) is 25.0. The summed E-state index contributed by atoms with van der Waals surface area (Å²) in [6.07, 6.45) is 0.0163. The van der Waals surface area contributed by atoms with Crippen LogP contribution in [-0.4, -0.2) is 18.1 Å².